The number of hydrogen-bond donors (Lipinski definition) is 0. The molecule has 0 radical (unpaired) electrons. The smallest absolute Gasteiger partial charge is 0.237 e. The largest absolute Gasteiger partial charge is 0.341 e. The maximum Gasteiger partial charge on any atom is 0.237 e. The van der Waals surface area contributed by atoms with Crippen molar-refractivity contribution in [2.24, 2.45) is 0 Å². The van der Waals surface area contributed by atoms with Crippen molar-refractivity contribution in [3.05, 3.63) is 35.9 Å². The van der Waals surface area contributed by atoms with Crippen molar-refractivity contribution in [2.45, 2.75) is 39.0 Å². The number of amides is 1. The van der Waals surface area contributed by atoms with Crippen LogP contribution in [0.2, 0.25) is 0 Å². The van der Waals surface area contributed by atoms with E-state index in [1.807, 2.05) is 23.1 Å². The Balaban J connectivity index is 2.39. The summed E-state index contributed by atoms with van der Waals surface area (Å²) >= 11 is 5.68. The molecule has 0 unspecified atom stereocenters. The fourth-order valence-electron chi connectivity index (χ4n) is 2.08. The number of nitrogens with zero attached hydrogens (tertiary/aromatic N) is 1. The van der Waals surface area contributed by atoms with Gasteiger partial charge in [-0.15, -0.1) is 11.6 Å². The molecule has 0 aromatic heterocycles. The Labute approximate surface area is 121 Å². The Kier molecular flexibility index (Phi) is 8.31. The second-order valence-electron chi connectivity index (χ2n) is 4.81. The first-order valence-electron chi connectivity index (χ1n) is 7.15. The first-order chi connectivity index (χ1) is 9.27. The van der Waals surface area contributed by atoms with E-state index in [0.29, 0.717) is 0 Å². The molecule has 0 heterocycles. The molecular weight excluding hydrogens is 258 g/mol. The zero-order valence-electron chi connectivity index (χ0n) is 11.8. The van der Waals surface area contributed by atoms with E-state index in [-0.39, 0.29) is 11.8 Å². The highest BCUT2D eigenvalue weighted by molar-refractivity contribution is 6.27. The number of carbonyl (C=O) groups excluding carboxylic acids is 1. The van der Waals surface area contributed by atoms with Gasteiger partial charge in [0.25, 0.3) is 0 Å². The van der Waals surface area contributed by atoms with Crippen molar-refractivity contribution in [1.82, 2.24) is 4.90 Å². The van der Waals surface area contributed by atoms with Gasteiger partial charge in [0.2, 0.25) is 5.91 Å². The minimum atomic E-state index is 0.0501. The van der Waals surface area contributed by atoms with Gasteiger partial charge in [-0.2, -0.15) is 0 Å². The molecule has 0 aliphatic carbocycles. The van der Waals surface area contributed by atoms with Gasteiger partial charge in [-0.3, -0.25) is 4.79 Å². The van der Waals surface area contributed by atoms with Crippen LogP contribution in [0.3, 0.4) is 0 Å². The maximum absolute atomic E-state index is 11.8. The highest BCUT2D eigenvalue weighted by atomic mass is 35.5. The van der Waals surface area contributed by atoms with E-state index in [0.717, 1.165) is 25.9 Å². The van der Waals surface area contributed by atoms with Gasteiger partial charge in [-0.25, -0.2) is 0 Å². The van der Waals surface area contributed by atoms with Crippen molar-refractivity contribution in [1.29, 1.82) is 0 Å². The van der Waals surface area contributed by atoms with Crippen molar-refractivity contribution in [3.8, 4) is 0 Å². The van der Waals surface area contributed by atoms with Crippen LogP contribution in [-0.4, -0.2) is 29.8 Å². The number of halogens is 1. The van der Waals surface area contributed by atoms with E-state index in [9.17, 15) is 4.79 Å². The number of alkyl halides is 1. The Morgan fingerprint density at radius 1 is 1.11 bits per heavy atom. The number of rotatable bonds is 9. The Bertz CT molecular complexity index is 353. The molecule has 3 heteroatoms. The summed E-state index contributed by atoms with van der Waals surface area (Å²) in [5, 5.41) is 0. The molecule has 0 aliphatic heterocycles. The summed E-state index contributed by atoms with van der Waals surface area (Å²) in [7, 11) is 0. The summed E-state index contributed by atoms with van der Waals surface area (Å²) in [5.41, 5.74) is 1.27. The van der Waals surface area contributed by atoms with E-state index in [4.69, 9.17) is 11.6 Å². The standard InChI is InChI=1S/C16H24ClNO/c1-2-3-4-8-12-18(16(19)14-17)13-11-15-9-6-5-7-10-15/h5-7,9-10H,2-4,8,11-14H2,1H3. The van der Waals surface area contributed by atoms with Gasteiger partial charge >= 0.3 is 0 Å². The predicted molar refractivity (Wildman–Crippen MR) is 81.6 cm³/mol. The Hall–Kier alpha value is -1.02. The Morgan fingerprint density at radius 3 is 2.47 bits per heavy atom. The first kappa shape index (κ1) is 16.0. The zero-order valence-corrected chi connectivity index (χ0v) is 12.5. The van der Waals surface area contributed by atoms with Crippen LogP contribution < -0.4 is 0 Å². The molecule has 0 fully saturated rings. The number of unbranched alkanes of at least 4 members (excludes halogenated alkanes) is 3. The summed E-state index contributed by atoms with van der Waals surface area (Å²) < 4.78 is 0. The minimum Gasteiger partial charge on any atom is -0.341 e. The third-order valence-electron chi connectivity index (χ3n) is 3.26. The second kappa shape index (κ2) is 9.85. The molecule has 0 aliphatic rings. The van der Waals surface area contributed by atoms with Crippen LogP contribution >= 0.6 is 11.6 Å². The van der Waals surface area contributed by atoms with Crippen molar-refractivity contribution < 1.29 is 4.79 Å². The van der Waals surface area contributed by atoms with Crippen LogP contribution in [0.5, 0.6) is 0 Å². The molecule has 0 saturated heterocycles. The Morgan fingerprint density at radius 2 is 1.84 bits per heavy atom. The first-order valence-corrected chi connectivity index (χ1v) is 7.69. The second-order valence-corrected chi connectivity index (χ2v) is 5.08. The molecule has 0 spiro atoms. The van der Waals surface area contributed by atoms with E-state index in [1.165, 1.54) is 24.8 Å². The summed E-state index contributed by atoms with van der Waals surface area (Å²) in [6.45, 7) is 3.79. The van der Waals surface area contributed by atoms with Gasteiger partial charge in [0.15, 0.2) is 0 Å². The number of carbonyl (C=O) groups is 1. The third-order valence-corrected chi connectivity index (χ3v) is 3.49. The molecule has 0 N–H and O–H groups in total. The molecule has 1 aromatic rings. The summed E-state index contributed by atoms with van der Waals surface area (Å²) in [6, 6.07) is 10.3. The third kappa shape index (κ3) is 6.63. The molecular formula is C16H24ClNO. The number of hydrogen-bond acceptors (Lipinski definition) is 1. The minimum absolute atomic E-state index is 0.0501. The lowest BCUT2D eigenvalue weighted by Gasteiger charge is -2.21. The summed E-state index contributed by atoms with van der Waals surface area (Å²) in [4.78, 5) is 13.7. The maximum atomic E-state index is 11.8. The van der Waals surface area contributed by atoms with Gasteiger partial charge in [0, 0.05) is 13.1 Å². The molecule has 0 bridgehead atoms. The lowest BCUT2D eigenvalue weighted by atomic mass is 10.1. The van der Waals surface area contributed by atoms with Crippen LogP contribution in [-0.2, 0) is 11.2 Å². The van der Waals surface area contributed by atoms with Gasteiger partial charge in [0.05, 0.1) is 0 Å². The average molecular weight is 282 g/mol. The molecule has 0 atom stereocenters. The number of benzene rings is 1. The topological polar surface area (TPSA) is 20.3 Å². The monoisotopic (exact) mass is 281 g/mol. The quantitative estimate of drug-likeness (QED) is 0.497. The molecule has 106 valence electrons. The molecule has 1 aromatic carbocycles. The van der Waals surface area contributed by atoms with Crippen molar-refractivity contribution in [2.75, 3.05) is 19.0 Å². The highest BCUT2D eigenvalue weighted by Gasteiger charge is 2.11. The highest BCUT2D eigenvalue weighted by Crippen LogP contribution is 2.06. The SMILES string of the molecule is CCCCCCN(CCc1ccccc1)C(=O)CCl. The van der Waals surface area contributed by atoms with Crippen LogP contribution in [0, 0.1) is 0 Å². The zero-order chi connectivity index (χ0) is 13.9. The van der Waals surface area contributed by atoms with Crippen LogP contribution in [0.15, 0.2) is 30.3 Å². The predicted octanol–water partition coefficient (Wildman–Crippen LogP) is 3.88. The molecule has 2 nitrogen and oxygen atoms in total. The fourth-order valence-corrected chi connectivity index (χ4v) is 2.25. The van der Waals surface area contributed by atoms with Gasteiger partial charge in [-0.05, 0) is 18.4 Å². The molecule has 1 rings (SSSR count). The van der Waals surface area contributed by atoms with E-state index >= 15 is 0 Å². The van der Waals surface area contributed by atoms with Crippen LogP contribution in [0.1, 0.15) is 38.2 Å². The lowest BCUT2D eigenvalue weighted by Crippen LogP contribution is -2.34. The lowest BCUT2D eigenvalue weighted by molar-refractivity contribution is -0.128. The molecule has 1 amide bonds. The van der Waals surface area contributed by atoms with Crippen molar-refractivity contribution in [3.63, 3.8) is 0 Å². The summed E-state index contributed by atoms with van der Waals surface area (Å²) in [5.74, 6) is 0.136. The van der Waals surface area contributed by atoms with Gasteiger partial charge in [0.1, 0.15) is 5.88 Å². The van der Waals surface area contributed by atoms with Gasteiger partial charge < -0.3 is 4.90 Å². The molecule has 0 saturated carbocycles. The van der Waals surface area contributed by atoms with Gasteiger partial charge in [-0.1, -0.05) is 56.5 Å². The molecule has 19 heavy (non-hydrogen) atoms. The van der Waals surface area contributed by atoms with Crippen LogP contribution in [0.4, 0.5) is 0 Å². The van der Waals surface area contributed by atoms with Crippen molar-refractivity contribution >= 4 is 17.5 Å². The fraction of sp³-hybridized carbons (Fsp3) is 0.562. The van der Waals surface area contributed by atoms with E-state index in [2.05, 4.69) is 19.1 Å². The van der Waals surface area contributed by atoms with E-state index < -0.39 is 0 Å². The van der Waals surface area contributed by atoms with E-state index in [1.54, 1.807) is 0 Å². The average Bonchev–Trinajstić information content (AvgIpc) is 2.47. The summed E-state index contributed by atoms with van der Waals surface area (Å²) in [6.07, 6.45) is 5.62. The normalized spacial score (nSPS) is 10.4. The van der Waals surface area contributed by atoms with Crippen LogP contribution in [0.25, 0.3) is 0 Å².